The standard InChI is InChI=1S/C20H18F7N3/c21-12-4-10(3-11(5-12)19(22,23)24)8-29-13-6-14-15-9-28-2-1-17(15)30-18(14)16(7-13)20(25,26)27/h3-7,15,17,28-30H,1-2,8-9H2/t15-,17-/m1/s1. The van der Waals surface area contributed by atoms with Gasteiger partial charge in [-0.3, -0.25) is 0 Å². The minimum Gasteiger partial charge on any atom is -0.381 e. The number of hydrogen-bond donors (Lipinski definition) is 3. The molecule has 4 rings (SSSR count). The fraction of sp³-hybridized carbons (Fsp3) is 0.400. The van der Waals surface area contributed by atoms with E-state index in [-0.39, 0.29) is 35.4 Å². The van der Waals surface area contributed by atoms with E-state index in [9.17, 15) is 30.7 Å². The van der Waals surface area contributed by atoms with Gasteiger partial charge in [0, 0.05) is 30.7 Å². The van der Waals surface area contributed by atoms with Crippen LogP contribution < -0.4 is 16.0 Å². The topological polar surface area (TPSA) is 36.1 Å². The first kappa shape index (κ1) is 20.8. The van der Waals surface area contributed by atoms with Crippen molar-refractivity contribution in [3.8, 4) is 0 Å². The Kier molecular flexibility index (Phi) is 5.08. The average molecular weight is 433 g/mol. The lowest BCUT2D eigenvalue weighted by atomic mass is 9.89. The minimum atomic E-state index is -4.72. The predicted octanol–water partition coefficient (Wildman–Crippen LogP) is 5.35. The summed E-state index contributed by atoms with van der Waals surface area (Å²) in [5.41, 5.74) is -1.31. The summed E-state index contributed by atoms with van der Waals surface area (Å²) in [6.45, 7) is 0.983. The van der Waals surface area contributed by atoms with E-state index in [0.717, 1.165) is 18.2 Å². The van der Waals surface area contributed by atoms with Gasteiger partial charge in [0.25, 0.3) is 0 Å². The van der Waals surface area contributed by atoms with Crippen LogP contribution in [0.2, 0.25) is 0 Å². The van der Waals surface area contributed by atoms with Crippen molar-refractivity contribution in [3.63, 3.8) is 0 Å². The molecule has 0 aliphatic carbocycles. The molecule has 2 atom stereocenters. The first-order chi connectivity index (χ1) is 14.0. The lowest BCUT2D eigenvalue weighted by molar-refractivity contribution is -0.138. The van der Waals surface area contributed by atoms with Gasteiger partial charge in [0.2, 0.25) is 0 Å². The summed E-state index contributed by atoms with van der Waals surface area (Å²) < 4.78 is 93.1. The van der Waals surface area contributed by atoms with Gasteiger partial charge >= 0.3 is 12.4 Å². The number of halogens is 7. The summed E-state index contributed by atoms with van der Waals surface area (Å²) in [4.78, 5) is 0. The van der Waals surface area contributed by atoms with Crippen molar-refractivity contribution in [1.29, 1.82) is 0 Å². The molecule has 0 saturated carbocycles. The maximum Gasteiger partial charge on any atom is 0.418 e. The van der Waals surface area contributed by atoms with Crippen LogP contribution in [0.15, 0.2) is 30.3 Å². The Morgan fingerprint density at radius 1 is 0.967 bits per heavy atom. The summed E-state index contributed by atoms with van der Waals surface area (Å²) in [7, 11) is 0. The van der Waals surface area contributed by atoms with Gasteiger partial charge in [0.05, 0.1) is 16.8 Å². The van der Waals surface area contributed by atoms with Gasteiger partial charge in [-0.1, -0.05) is 0 Å². The van der Waals surface area contributed by atoms with Gasteiger partial charge in [0.1, 0.15) is 5.82 Å². The molecular formula is C20H18F7N3. The van der Waals surface area contributed by atoms with E-state index in [2.05, 4.69) is 16.0 Å². The molecule has 1 saturated heterocycles. The molecule has 30 heavy (non-hydrogen) atoms. The van der Waals surface area contributed by atoms with E-state index < -0.39 is 29.3 Å². The molecule has 2 heterocycles. The molecule has 0 spiro atoms. The zero-order valence-corrected chi connectivity index (χ0v) is 15.5. The molecule has 0 unspecified atom stereocenters. The molecule has 0 radical (unpaired) electrons. The quantitative estimate of drug-likeness (QED) is 0.572. The Morgan fingerprint density at radius 3 is 2.43 bits per heavy atom. The Hall–Kier alpha value is -2.49. The van der Waals surface area contributed by atoms with Crippen LogP contribution in [0.5, 0.6) is 0 Å². The molecule has 3 nitrogen and oxygen atoms in total. The van der Waals surface area contributed by atoms with Crippen molar-refractivity contribution < 1.29 is 30.7 Å². The molecular weight excluding hydrogens is 415 g/mol. The Balaban J connectivity index is 1.64. The molecule has 162 valence electrons. The van der Waals surface area contributed by atoms with Crippen LogP contribution in [0.3, 0.4) is 0 Å². The van der Waals surface area contributed by atoms with Gasteiger partial charge in [0.15, 0.2) is 0 Å². The largest absolute Gasteiger partial charge is 0.418 e. The monoisotopic (exact) mass is 433 g/mol. The molecule has 2 aromatic rings. The third kappa shape index (κ3) is 4.05. The van der Waals surface area contributed by atoms with E-state index >= 15 is 0 Å². The number of fused-ring (bicyclic) bond motifs is 3. The highest BCUT2D eigenvalue weighted by Crippen LogP contribution is 2.47. The van der Waals surface area contributed by atoms with Gasteiger partial charge in [-0.25, -0.2) is 4.39 Å². The summed E-state index contributed by atoms with van der Waals surface area (Å²) in [6, 6.07) is 4.48. The molecule has 2 aliphatic rings. The first-order valence-electron chi connectivity index (χ1n) is 9.35. The molecule has 10 heteroatoms. The molecule has 2 aliphatic heterocycles. The number of rotatable bonds is 3. The lowest BCUT2D eigenvalue weighted by Crippen LogP contribution is -2.38. The number of nitrogens with one attached hydrogen (secondary N) is 3. The molecule has 1 fully saturated rings. The molecule has 0 bridgehead atoms. The van der Waals surface area contributed by atoms with Crippen LogP contribution in [0.4, 0.5) is 42.1 Å². The summed E-state index contributed by atoms with van der Waals surface area (Å²) in [5, 5.41) is 8.87. The van der Waals surface area contributed by atoms with Gasteiger partial charge in [-0.15, -0.1) is 0 Å². The smallest absolute Gasteiger partial charge is 0.381 e. The molecule has 3 N–H and O–H groups in total. The Morgan fingerprint density at radius 2 is 1.73 bits per heavy atom. The van der Waals surface area contributed by atoms with Gasteiger partial charge < -0.3 is 16.0 Å². The maximum atomic E-state index is 13.6. The molecule has 0 aromatic heterocycles. The number of hydrogen-bond acceptors (Lipinski definition) is 3. The Bertz CT molecular complexity index is 953. The van der Waals surface area contributed by atoms with Crippen molar-refractivity contribution in [2.45, 2.75) is 37.3 Å². The zero-order valence-electron chi connectivity index (χ0n) is 15.5. The fourth-order valence-corrected chi connectivity index (χ4v) is 4.11. The SMILES string of the molecule is Fc1cc(CNc2cc3c(c(C(F)(F)F)c2)N[C@@H]2CCNC[C@H]32)cc(C(F)(F)F)c1. The van der Waals surface area contributed by atoms with E-state index in [4.69, 9.17) is 0 Å². The second kappa shape index (κ2) is 7.33. The van der Waals surface area contributed by atoms with E-state index in [1.165, 1.54) is 0 Å². The molecule has 0 amide bonds. The van der Waals surface area contributed by atoms with Crippen LogP contribution in [-0.4, -0.2) is 19.1 Å². The van der Waals surface area contributed by atoms with Crippen LogP contribution >= 0.6 is 0 Å². The third-order valence-corrected chi connectivity index (χ3v) is 5.47. The first-order valence-corrected chi connectivity index (χ1v) is 9.35. The van der Waals surface area contributed by atoms with Crippen molar-refractivity contribution in [1.82, 2.24) is 5.32 Å². The van der Waals surface area contributed by atoms with E-state index in [1.807, 2.05) is 0 Å². The summed E-state index contributed by atoms with van der Waals surface area (Å²) in [5.74, 6) is -1.20. The number of piperidine rings is 1. The maximum absolute atomic E-state index is 13.6. The van der Waals surface area contributed by atoms with Crippen molar-refractivity contribution >= 4 is 11.4 Å². The molecule has 2 aromatic carbocycles. The van der Waals surface area contributed by atoms with Crippen LogP contribution in [-0.2, 0) is 18.9 Å². The second-order valence-electron chi connectivity index (χ2n) is 7.54. The minimum absolute atomic E-state index is 0.0216. The average Bonchev–Trinajstić information content (AvgIpc) is 3.02. The van der Waals surface area contributed by atoms with Crippen LogP contribution in [0.1, 0.15) is 34.6 Å². The van der Waals surface area contributed by atoms with Crippen LogP contribution in [0.25, 0.3) is 0 Å². The van der Waals surface area contributed by atoms with E-state index in [0.29, 0.717) is 31.1 Å². The van der Waals surface area contributed by atoms with Crippen LogP contribution in [0, 0.1) is 5.82 Å². The zero-order chi connectivity index (χ0) is 21.7. The summed E-state index contributed by atoms with van der Waals surface area (Å²) >= 11 is 0. The number of benzene rings is 2. The lowest BCUT2D eigenvalue weighted by Gasteiger charge is -2.26. The van der Waals surface area contributed by atoms with Gasteiger partial charge in [-0.2, -0.15) is 26.3 Å². The fourth-order valence-electron chi connectivity index (χ4n) is 4.11. The highest BCUT2D eigenvalue weighted by atomic mass is 19.4. The Labute approximate surface area is 167 Å². The number of alkyl halides is 6. The van der Waals surface area contributed by atoms with E-state index in [1.54, 1.807) is 6.07 Å². The normalized spacial score (nSPS) is 21.0. The van der Waals surface area contributed by atoms with Crippen molar-refractivity contribution in [2.24, 2.45) is 0 Å². The van der Waals surface area contributed by atoms with Gasteiger partial charge in [-0.05, 0) is 54.4 Å². The summed E-state index contributed by atoms with van der Waals surface area (Å²) in [6.07, 6.45) is -8.64. The predicted molar refractivity (Wildman–Crippen MR) is 97.8 cm³/mol. The highest BCUT2D eigenvalue weighted by molar-refractivity contribution is 5.71. The van der Waals surface area contributed by atoms with Crippen molar-refractivity contribution in [2.75, 3.05) is 23.7 Å². The highest BCUT2D eigenvalue weighted by Gasteiger charge is 2.42. The van der Waals surface area contributed by atoms with Crippen molar-refractivity contribution in [3.05, 3.63) is 58.4 Å². The second-order valence-corrected chi connectivity index (χ2v) is 7.54. The number of anilines is 2. The third-order valence-electron chi connectivity index (χ3n) is 5.47.